The summed E-state index contributed by atoms with van der Waals surface area (Å²) < 4.78 is 32.0. The maximum atomic E-state index is 13.8. The van der Waals surface area contributed by atoms with E-state index in [9.17, 15) is 8.78 Å². The van der Waals surface area contributed by atoms with Crippen LogP contribution in [-0.2, 0) is 0 Å². The molecule has 4 heteroatoms. The van der Waals surface area contributed by atoms with Crippen molar-refractivity contribution >= 4 is 5.57 Å². The lowest BCUT2D eigenvalue weighted by Crippen LogP contribution is -1.98. The number of hydrogen-bond donors (Lipinski definition) is 1. The van der Waals surface area contributed by atoms with Crippen molar-refractivity contribution in [3.63, 3.8) is 0 Å². The SMILES string of the molecule is COc1ccc(/C(=C/CN)c2cccc(F)c2)cc1F. The van der Waals surface area contributed by atoms with Gasteiger partial charge in [0, 0.05) is 6.54 Å². The zero-order chi connectivity index (χ0) is 14.5. The molecule has 0 saturated carbocycles. The summed E-state index contributed by atoms with van der Waals surface area (Å²) in [7, 11) is 1.40. The average Bonchev–Trinajstić information content (AvgIpc) is 2.44. The number of ether oxygens (including phenoxy) is 1. The minimum atomic E-state index is -0.468. The summed E-state index contributed by atoms with van der Waals surface area (Å²) in [6.07, 6.45) is 1.73. The molecule has 0 heterocycles. The van der Waals surface area contributed by atoms with Gasteiger partial charge in [-0.25, -0.2) is 8.78 Å². The van der Waals surface area contributed by atoms with Crippen molar-refractivity contribution in [3.05, 3.63) is 71.3 Å². The summed E-state index contributed by atoms with van der Waals surface area (Å²) in [6, 6.07) is 10.7. The van der Waals surface area contributed by atoms with E-state index in [2.05, 4.69) is 0 Å². The minimum absolute atomic E-state index is 0.167. The lowest BCUT2D eigenvalue weighted by Gasteiger charge is -2.10. The van der Waals surface area contributed by atoms with Gasteiger partial charge in [-0.15, -0.1) is 0 Å². The van der Waals surface area contributed by atoms with Crippen molar-refractivity contribution in [1.82, 2.24) is 0 Å². The van der Waals surface area contributed by atoms with Crippen LogP contribution in [0.25, 0.3) is 5.57 Å². The molecule has 0 aliphatic rings. The van der Waals surface area contributed by atoms with Gasteiger partial charge in [-0.2, -0.15) is 0 Å². The maximum absolute atomic E-state index is 13.8. The van der Waals surface area contributed by atoms with Crippen LogP contribution < -0.4 is 10.5 Å². The fraction of sp³-hybridized carbons (Fsp3) is 0.125. The van der Waals surface area contributed by atoms with E-state index in [1.54, 1.807) is 24.3 Å². The fourth-order valence-electron chi connectivity index (χ4n) is 2.01. The van der Waals surface area contributed by atoms with Gasteiger partial charge in [0.25, 0.3) is 0 Å². The van der Waals surface area contributed by atoms with E-state index in [0.29, 0.717) is 16.7 Å². The highest BCUT2D eigenvalue weighted by atomic mass is 19.1. The number of methoxy groups -OCH3 is 1. The molecule has 0 amide bonds. The van der Waals surface area contributed by atoms with E-state index in [4.69, 9.17) is 10.5 Å². The zero-order valence-electron chi connectivity index (χ0n) is 11.1. The van der Waals surface area contributed by atoms with Crippen molar-refractivity contribution in [2.24, 2.45) is 5.73 Å². The Hall–Kier alpha value is -2.20. The predicted octanol–water partition coefficient (Wildman–Crippen LogP) is 3.36. The van der Waals surface area contributed by atoms with E-state index in [0.717, 1.165) is 0 Å². The van der Waals surface area contributed by atoms with Crippen LogP contribution in [0.2, 0.25) is 0 Å². The van der Waals surface area contributed by atoms with Crippen LogP contribution in [0.3, 0.4) is 0 Å². The molecule has 0 unspecified atom stereocenters. The third-order valence-electron chi connectivity index (χ3n) is 2.92. The van der Waals surface area contributed by atoms with E-state index in [1.807, 2.05) is 0 Å². The second-order valence-electron chi connectivity index (χ2n) is 4.21. The highest BCUT2D eigenvalue weighted by molar-refractivity contribution is 5.80. The smallest absolute Gasteiger partial charge is 0.165 e. The largest absolute Gasteiger partial charge is 0.494 e. The van der Waals surface area contributed by atoms with Gasteiger partial charge in [0.15, 0.2) is 11.6 Å². The Kier molecular flexibility index (Phi) is 4.48. The van der Waals surface area contributed by atoms with E-state index < -0.39 is 5.82 Å². The third-order valence-corrected chi connectivity index (χ3v) is 2.92. The number of halogens is 2. The Bertz CT molecular complexity index is 638. The molecule has 0 radical (unpaired) electrons. The minimum Gasteiger partial charge on any atom is -0.494 e. The summed E-state index contributed by atoms with van der Waals surface area (Å²) in [5, 5.41) is 0. The van der Waals surface area contributed by atoms with Gasteiger partial charge in [-0.1, -0.05) is 24.3 Å². The van der Waals surface area contributed by atoms with Crippen LogP contribution in [0, 0.1) is 11.6 Å². The highest BCUT2D eigenvalue weighted by Gasteiger charge is 2.09. The monoisotopic (exact) mass is 275 g/mol. The van der Waals surface area contributed by atoms with Crippen LogP contribution in [0.1, 0.15) is 11.1 Å². The van der Waals surface area contributed by atoms with Crippen molar-refractivity contribution in [2.45, 2.75) is 0 Å². The molecule has 0 saturated heterocycles. The van der Waals surface area contributed by atoms with Gasteiger partial charge in [0.2, 0.25) is 0 Å². The standard InChI is InChI=1S/C16H15F2NO/c1-20-16-6-5-12(10-15(16)18)14(7-8-19)11-3-2-4-13(17)9-11/h2-7,9-10H,8,19H2,1H3/b14-7+. The second kappa shape index (κ2) is 6.30. The van der Waals surface area contributed by atoms with Gasteiger partial charge >= 0.3 is 0 Å². The Balaban J connectivity index is 2.49. The molecule has 2 N–H and O–H groups in total. The van der Waals surface area contributed by atoms with Gasteiger partial charge < -0.3 is 10.5 Å². The lowest BCUT2D eigenvalue weighted by molar-refractivity contribution is 0.386. The number of rotatable bonds is 4. The number of benzene rings is 2. The van der Waals surface area contributed by atoms with Crippen molar-refractivity contribution in [1.29, 1.82) is 0 Å². The Morgan fingerprint density at radius 1 is 1.15 bits per heavy atom. The van der Waals surface area contributed by atoms with Crippen LogP contribution in [0.4, 0.5) is 8.78 Å². The molecule has 0 aliphatic heterocycles. The molecule has 2 rings (SSSR count). The average molecular weight is 275 g/mol. The molecule has 0 aromatic heterocycles. The molecule has 2 aromatic carbocycles. The first kappa shape index (κ1) is 14.2. The Labute approximate surface area is 116 Å². The van der Waals surface area contributed by atoms with Crippen molar-refractivity contribution in [2.75, 3.05) is 13.7 Å². The summed E-state index contributed by atoms with van der Waals surface area (Å²) in [6.45, 7) is 0.277. The van der Waals surface area contributed by atoms with Crippen LogP contribution in [0.15, 0.2) is 48.5 Å². The van der Waals surface area contributed by atoms with Crippen molar-refractivity contribution < 1.29 is 13.5 Å². The Morgan fingerprint density at radius 2 is 1.90 bits per heavy atom. The number of nitrogens with two attached hydrogens (primary N) is 1. The molecular formula is C16H15F2NO. The first-order chi connectivity index (χ1) is 9.65. The molecule has 0 atom stereocenters. The van der Waals surface area contributed by atoms with E-state index in [1.165, 1.54) is 31.4 Å². The highest BCUT2D eigenvalue weighted by Crippen LogP contribution is 2.27. The van der Waals surface area contributed by atoms with Gasteiger partial charge in [-0.3, -0.25) is 0 Å². The van der Waals surface area contributed by atoms with Crippen LogP contribution >= 0.6 is 0 Å². The second-order valence-corrected chi connectivity index (χ2v) is 4.21. The summed E-state index contributed by atoms with van der Waals surface area (Å²) in [5.41, 5.74) is 7.51. The fourth-order valence-corrected chi connectivity index (χ4v) is 2.01. The summed E-state index contributed by atoms with van der Waals surface area (Å²) in [5.74, 6) is -0.649. The lowest BCUT2D eigenvalue weighted by atomic mass is 9.97. The topological polar surface area (TPSA) is 35.2 Å². The molecule has 20 heavy (non-hydrogen) atoms. The van der Waals surface area contributed by atoms with E-state index in [-0.39, 0.29) is 18.1 Å². The molecule has 0 spiro atoms. The maximum Gasteiger partial charge on any atom is 0.165 e. The molecule has 2 nitrogen and oxygen atoms in total. The summed E-state index contributed by atoms with van der Waals surface area (Å²) >= 11 is 0. The molecule has 0 fully saturated rings. The number of hydrogen-bond acceptors (Lipinski definition) is 2. The summed E-state index contributed by atoms with van der Waals surface area (Å²) in [4.78, 5) is 0. The van der Waals surface area contributed by atoms with Crippen LogP contribution in [-0.4, -0.2) is 13.7 Å². The molecule has 0 aliphatic carbocycles. The van der Waals surface area contributed by atoms with Gasteiger partial charge in [-0.05, 0) is 41.0 Å². The van der Waals surface area contributed by atoms with Crippen molar-refractivity contribution in [3.8, 4) is 5.75 Å². The molecule has 0 bridgehead atoms. The third kappa shape index (κ3) is 3.03. The quantitative estimate of drug-likeness (QED) is 0.928. The predicted molar refractivity (Wildman–Crippen MR) is 75.5 cm³/mol. The molecular weight excluding hydrogens is 260 g/mol. The first-order valence-electron chi connectivity index (χ1n) is 6.15. The first-order valence-corrected chi connectivity index (χ1v) is 6.15. The Morgan fingerprint density at radius 3 is 2.50 bits per heavy atom. The van der Waals surface area contributed by atoms with Gasteiger partial charge in [0.05, 0.1) is 7.11 Å². The van der Waals surface area contributed by atoms with Gasteiger partial charge in [0.1, 0.15) is 5.82 Å². The molecule has 104 valence electrons. The normalized spacial score (nSPS) is 11.5. The van der Waals surface area contributed by atoms with E-state index >= 15 is 0 Å². The van der Waals surface area contributed by atoms with Crippen LogP contribution in [0.5, 0.6) is 5.75 Å². The molecule has 2 aromatic rings. The zero-order valence-corrected chi connectivity index (χ0v) is 11.1.